The molecule has 0 atom stereocenters. The molecular formula is C10H19N3S2. The Balaban J connectivity index is 2.20. The molecule has 86 valence electrons. The van der Waals surface area contributed by atoms with Crippen LogP contribution in [0.2, 0.25) is 0 Å². The molecule has 0 radical (unpaired) electrons. The topological polar surface area (TPSA) is 37.8 Å². The molecular weight excluding hydrogens is 226 g/mol. The summed E-state index contributed by atoms with van der Waals surface area (Å²) in [4.78, 5) is 0. The summed E-state index contributed by atoms with van der Waals surface area (Å²) in [7, 11) is 0. The van der Waals surface area contributed by atoms with Crippen LogP contribution in [0.1, 0.15) is 23.4 Å². The maximum Gasteiger partial charge on any atom is 0.118 e. The fourth-order valence-corrected chi connectivity index (χ4v) is 2.63. The van der Waals surface area contributed by atoms with Gasteiger partial charge in [0.2, 0.25) is 0 Å². The molecule has 0 aliphatic heterocycles. The summed E-state index contributed by atoms with van der Waals surface area (Å²) in [6.07, 6.45) is 5.40. The van der Waals surface area contributed by atoms with Crippen LogP contribution in [0, 0.1) is 0 Å². The summed E-state index contributed by atoms with van der Waals surface area (Å²) in [6.45, 7) is 4.26. The standard InChI is InChI=1S/C10H19N3S2/c1-3-11-7-4-5-9-12-13-10(15-9)6-8-14-2/h11H,3-8H2,1-2H3. The van der Waals surface area contributed by atoms with E-state index in [1.807, 2.05) is 11.8 Å². The Morgan fingerprint density at radius 2 is 2.00 bits per heavy atom. The fraction of sp³-hybridized carbons (Fsp3) is 0.800. The van der Waals surface area contributed by atoms with Gasteiger partial charge in [-0.3, -0.25) is 0 Å². The third-order valence-corrected chi connectivity index (χ3v) is 3.68. The number of rotatable bonds is 8. The van der Waals surface area contributed by atoms with E-state index >= 15 is 0 Å². The minimum Gasteiger partial charge on any atom is -0.317 e. The predicted octanol–water partition coefficient (Wildman–Crippen LogP) is 1.99. The first-order chi connectivity index (χ1) is 7.36. The van der Waals surface area contributed by atoms with Crippen molar-refractivity contribution in [2.24, 2.45) is 0 Å². The van der Waals surface area contributed by atoms with Crippen LogP contribution in [0.4, 0.5) is 0 Å². The largest absolute Gasteiger partial charge is 0.317 e. The van der Waals surface area contributed by atoms with Crippen molar-refractivity contribution < 1.29 is 0 Å². The molecule has 1 aromatic rings. The number of thioether (sulfide) groups is 1. The lowest BCUT2D eigenvalue weighted by atomic mass is 10.3. The number of hydrogen-bond donors (Lipinski definition) is 1. The maximum absolute atomic E-state index is 4.20. The highest BCUT2D eigenvalue weighted by Crippen LogP contribution is 2.13. The highest BCUT2D eigenvalue weighted by atomic mass is 32.2. The van der Waals surface area contributed by atoms with Crippen LogP contribution in [-0.2, 0) is 12.8 Å². The summed E-state index contributed by atoms with van der Waals surface area (Å²) >= 11 is 3.63. The van der Waals surface area contributed by atoms with Gasteiger partial charge >= 0.3 is 0 Å². The summed E-state index contributed by atoms with van der Waals surface area (Å²) in [5.74, 6) is 1.14. The third kappa shape index (κ3) is 5.49. The van der Waals surface area contributed by atoms with Crippen molar-refractivity contribution in [1.29, 1.82) is 0 Å². The zero-order chi connectivity index (χ0) is 10.9. The van der Waals surface area contributed by atoms with Crippen molar-refractivity contribution in [3.8, 4) is 0 Å². The second-order valence-corrected chi connectivity index (χ2v) is 5.42. The molecule has 0 spiro atoms. The van der Waals surface area contributed by atoms with E-state index < -0.39 is 0 Å². The molecule has 0 amide bonds. The normalized spacial score (nSPS) is 10.8. The van der Waals surface area contributed by atoms with Crippen LogP contribution in [0.5, 0.6) is 0 Å². The lowest BCUT2D eigenvalue weighted by Gasteiger charge is -1.97. The molecule has 3 nitrogen and oxygen atoms in total. The van der Waals surface area contributed by atoms with E-state index in [9.17, 15) is 0 Å². The Morgan fingerprint density at radius 3 is 2.67 bits per heavy atom. The van der Waals surface area contributed by atoms with Gasteiger partial charge in [0.25, 0.3) is 0 Å². The van der Waals surface area contributed by atoms with Gasteiger partial charge < -0.3 is 5.32 Å². The SMILES string of the molecule is CCNCCCc1nnc(CCSC)s1. The smallest absolute Gasteiger partial charge is 0.118 e. The Labute approximate surface area is 100 Å². The van der Waals surface area contributed by atoms with E-state index in [4.69, 9.17) is 0 Å². The van der Waals surface area contributed by atoms with E-state index in [-0.39, 0.29) is 0 Å². The second kappa shape index (κ2) is 8.07. The first kappa shape index (κ1) is 12.9. The van der Waals surface area contributed by atoms with Crippen LogP contribution < -0.4 is 5.32 Å². The van der Waals surface area contributed by atoms with Crippen LogP contribution in [-0.4, -0.2) is 35.3 Å². The van der Waals surface area contributed by atoms with Crippen molar-refractivity contribution in [1.82, 2.24) is 15.5 Å². The van der Waals surface area contributed by atoms with E-state index in [1.54, 1.807) is 11.3 Å². The van der Waals surface area contributed by atoms with Crippen LogP contribution in [0.15, 0.2) is 0 Å². The van der Waals surface area contributed by atoms with Crippen molar-refractivity contribution in [3.05, 3.63) is 10.0 Å². The van der Waals surface area contributed by atoms with Crippen LogP contribution in [0.25, 0.3) is 0 Å². The van der Waals surface area contributed by atoms with Gasteiger partial charge in [-0.2, -0.15) is 11.8 Å². The molecule has 1 N–H and O–H groups in total. The number of nitrogens with one attached hydrogen (secondary N) is 1. The number of nitrogens with zero attached hydrogens (tertiary/aromatic N) is 2. The molecule has 0 unspecified atom stereocenters. The van der Waals surface area contributed by atoms with Gasteiger partial charge in [-0.1, -0.05) is 6.92 Å². The van der Waals surface area contributed by atoms with Gasteiger partial charge in [-0.15, -0.1) is 21.5 Å². The highest BCUT2D eigenvalue weighted by Gasteiger charge is 2.03. The lowest BCUT2D eigenvalue weighted by Crippen LogP contribution is -2.14. The molecule has 0 saturated carbocycles. The first-order valence-corrected chi connectivity index (χ1v) is 7.58. The third-order valence-electron chi connectivity index (χ3n) is 2.02. The number of aromatic nitrogens is 2. The summed E-state index contributed by atoms with van der Waals surface area (Å²) in [6, 6.07) is 0. The zero-order valence-corrected chi connectivity index (χ0v) is 11.1. The molecule has 15 heavy (non-hydrogen) atoms. The van der Waals surface area contributed by atoms with Crippen molar-refractivity contribution >= 4 is 23.1 Å². The molecule has 0 aliphatic carbocycles. The Kier molecular flexibility index (Phi) is 6.96. The zero-order valence-electron chi connectivity index (χ0n) is 9.45. The van der Waals surface area contributed by atoms with E-state index in [0.29, 0.717) is 0 Å². The molecule has 5 heteroatoms. The molecule has 0 bridgehead atoms. The average molecular weight is 245 g/mol. The van der Waals surface area contributed by atoms with E-state index in [0.717, 1.165) is 38.1 Å². The van der Waals surface area contributed by atoms with E-state index in [1.165, 1.54) is 10.0 Å². The molecule has 0 fully saturated rings. The molecule has 1 heterocycles. The molecule has 0 aliphatic rings. The van der Waals surface area contributed by atoms with Crippen LogP contribution in [0.3, 0.4) is 0 Å². The van der Waals surface area contributed by atoms with Gasteiger partial charge in [-0.05, 0) is 31.5 Å². The fourth-order valence-electron chi connectivity index (χ4n) is 1.22. The average Bonchev–Trinajstić information content (AvgIpc) is 2.69. The molecule has 0 aromatic carbocycles. The summed E-state index contributed by atoms with van der Waals surface area (Å²) in [5.41, 5.74) is 0. The lowest BCUT2D eigenvalue weighted by molar-refractivity contribution is 0.669. The second-order valence-electron chi connectivity index (χ2n) is 3.29. The Bertz CT molecular complexity index is 263. The van der Waals surface area contributed by atoms with Crippen molar-refractivity contribution in [2.45, 2.75) is 26.2 Å². The van der Waals surface area contributed by atoms with Gasteiger partial charge in [0.1, 0.15) is 10.0 Å². The Hall–Kier alpha value is -0.130. The van der Waals surface area contributed by atoms with Crippen molar-refractivity contribution in [3.63, 3.8) is 0 Å². The molecule has 1 rings (SSSR count). The number of aryl methyl sites for hydroxylation is 2. The quantitative estimate of drug-likeness (QED) is 0.711. The molecule has 0 saturated heterocycles. The van der Waals surface area contributed by atoms with Crippen LogP contribution >= 0.6 is 23.1 Å². The minimum atomic E-state index is 1.05. The predicted molar refractivity (Wildman–Crippen MR) is 68.9 cm³/mol. The maximum atomic E-state index is 4.20. The van der Waals surface area contributed by atoms with Crippen molar-refractivity contribution in [2.75, 3.05) is 25.1 Å². The highest BCUT2D eigenvalue weighted by molar-refractivity contribution is 7.98. The Morgan fingerprint density at radius 1 is 1.27 bits per heavy atom. The monoisotopic (exact) mass is 245 g/mol. The number of hydrogen-bond acceptors (Lipinski definition) is 5. The minimum absolute atomic E-state index is 1.05. The van der Waals surface area contributed by atoms with Gasteiger partial charge in [-0.25, -0.2) is 0 Å². The summed E-state index contributed by atoms with van der Waals surface area (Å²) < 4.78 is 0. The van der Waals surface area contributed by atoms with Gasteiger partial charge in [0, 0.05) is 12.8 Å². The van der Waals surface area contributed by atoms with Gasteiger partial charge in [0.05, 0.1) is 0 Å². The summed E-state index contributed by atoms with van der Waals surface area (Å²) in [5, 5.41) is 14.1. The van der Waals surface area contributed by atoms with Gasteiger partial charge in [0.15, 0.2) is 0 Å². The first-order valence-electron chi connectivity index (χ1n) is 5.37. The molecule has 1 aromatic heterocycles. The van der Waals surface area contributed by atoms with E-state index in [2.05, 4.69) is 28.7 Å².